The Balaban J connectivity index is 1.57. The lowest BCUT2D eigenvalue weighted by molar-refractivity contribution is -0.921. The van der Waals surface area contributed by atoms with Crippen LogP contribution in [0.4, 0.5) is 0 Å². The lowest BCUT2D eigenvalue weighted by Gasteiger charge is -2.27. The highest BCUT2D eigenvalue weighted by Crippen LogP contribution is 2.18. The van der Waals surface area contributed by atoms with Crippen LogP contribution in [0.1, 0.15) is 5.89 Å². The average molecular weight is 413 g/mol. The number of carbonyl (C=O) groups excluding carboxylic acids is 1. The minimum atomic E-state index is -0.186. The van der Waals surface area contributed by atoms with Gasteiger partial charge < -0.3 is 23.5 Å². The highest BCUT2D eigenvalue weighted by Gasteiger charge is 2.30. The molecule has 0 bridgehead atoms. The van der Waals surface area contributed by atoms with Gasteiger partial charge in [0.15, 0.2) is 18.5 Å². The Bertz CT molecular complexity index is 821. The molecule has 0 spiro atoms. The molecule has 146 valence electrons. The molecular weight excluding hydrogens is 390 g/mol. The van der Waals surface area contributed by atoms with Gasteiger partial charge in [0.05, 0.1) is 20.8 Å². The zero-order valence-electron chi connectivity index (χ0n) is 15.2. The fourth-order valence-electron chi connectivity index (χ4n) is 2.73. The fraction of sp³-hybridized carbons (Fsp3) is 0.471. The smallest absolute Gasteiger partial charge is 0.324 e. The van der Waals surface area contributed by atoms with E-state index in [2.05, 4.69) is 5.10 Å². The van der Waals surface area contributed by atoms with Crippen LogP contribution in [0.25, 0.3) is 0 Å². The molecular formula is C17H22N3O5S2+. The fourth-order valence-corrected chi connectivity index (χ4v) is 4.21. The predicted octanol–water partition coefficient (Wildman–Crippen LogP) is 0.924. The standard InChI is InChI=1S/C17H21N3O5S2/c1-22-12-3-5-13(6-4-12)24-10-15-18-20(17(26)25-15)11-19-7-8-27-14(9-19)16(21)23-2/h3-6,14H,7-11H2,1-2H3/p+1/t14-/m0/s1. The molecule has 10 heteroatoms. The second-order valence-electron chi connectivity index (χ2n) is 5.97. The van der Waals surface area contributed by atoms with Crippen molar-refractivity contribution in [1.29, 1.82) is 0 Å². The van der Waals surface area contributed by atoms with Gasteiger partial charge in [-0.05, 0) is 36.5 Å². The van der Waals surface area contributed by atoms with Gasteiger partial charge in [-0.3, -0.25) is 4.79 Å². The number of thioether (sulfide) groups is 1. The Morgan fingerprint density at radius 3 is 2.81 bits per heavy atom. The quantitative estimate of drug-likeness (QED) is 0.531. The molecule has 1 aliphatic heterocycles. The van der Waals surface area contributed by atoms with Crippen molar-refractivity contribution < 1.29 is 28.3 Å². The number of hydrogen-bond donors (Lipinski definition) is 1. The Morgan fingerprint density at radius 1 is 1.37 bits per heavy atom. The number of methoxy groups -OCH3 is 2. The number of hydrogen-bond acceptors (Lipinski definition) is 8. The molecule has 1 saturated heterocycles. The molecule has 27 heavy (non-hydrogen) atoms. The van der Waals surface area contributed by atoms with E-state index in [0.717, 1.165) is 18.0 Å². The molecule has 0 aliphatic carbocycles. The van der Waals surface area contributed by atoms with Gasteiger partial charge in [0.1, 0.15) is 18.0 Å². The molecule has 0 radical (unpaired) electrons. The molecule has 2 aromatic rings. The number of aromatic nitrogens is 2. The Hall–Kier alpha value is -2.04. The molecule has 2 heterocycles. The van der Waals surface area contributed by atoms with Crippen molar-refractivity contribution >= 4 is 29.9 Å². The molecule has 0 saturated carbocycles. The van der Waals surface area contributed by atoms with E-state index in [0.29, 0.717) is 29.7 Å². The van der Waals surface area contributed by atoms with Gasteiger partial charge in [-0.25, -0.2) is 0 Å². The van der Waals surface area contributed by atoms with Gasteiger partial charge >= 0.3 is 5.97 Å². The van der Waals surface area contributed by atoms with Crippen LogP contribution >= 0.6 is 24.0 Å². The Morgan fingerprint density at radius 2 is 2.11 bits per heavy atom. The van der Waals surface area contributed by atoms with Crippen molar-refractivity contribution in [3.05, 3.63) is 35.0 Å². The van der Waals surface area contributed by atoms with Crippen LogP contribution in [-0.2, 0) is 22.8 Å². The third-order valence-electron chi connectivity index (χ3n) is 4.16. The van der Waals surface area contributed by atoms with Gasteiger partial charge in [-0.2, -0.15) is 4.68 Å². The number of esters is 1. The molecule has 1 N–H and O–H groups in total. The number of ether oxygens (including phenoxy) is 3. The summed E-state index contributed by atoms with van der Waals surface area (Å²) in [5.41, 5.74) is 0. The molecule has 1 unspecified atom stereocenters. The number of carbonyl (C=O) groups is 1. The van der Waals surface area contributed by atoms with Crippen molar-refractivity contribution in [3.63, 3.8) is 0 Å². The Labute approximate surface area is 166 Å². The summed E-state index contributed by atoms with van der Waals surface area (Å²) in [5.74, 6) is 2.55. The summed E-state index contributed by atoms with van der Waals surface area (Å²) in [7, 11) is 3.03. The summed E-state index contributed by atoms with van der Waals surface area (Å²) in [6, 6.07) is 7.26. The summed E-state index contributed by atoms with van der Waals surface area (Å²) in [4.78, 5) is 13.3. The van der Waals surface area contributed by atoms with Gasteiger partial charge in [-0.1, -0.05) is 0 Å². The van der Waals surface area contributed by atoms with Crippen LogP contribution in [0.3, 0.4) is 0 Å². The zero-order valence-corrected chi connectivity index (χ0v) is 16.8. The SMILES string of the molecule is COC(=O)[C@@H]1C[NH+](Cn2nc(COc3ccc(OC)cc3)oc2=S)CCS1. The van der Waals surface area contributed by atoms with Crippen LogP contribution in [0.15, 0.2) is 28.7 Å². The lowest BCUT2D eigenvalue weighted by Crippen LogP contribution is -3.14. The van der Waals surface area contributed by atoms with E-state index < -0.39 is 0 Å². The summed E-state index contributed by atoms with van der Waals surface area (Å²) in [6.45, 7) is 2.31. The van der Waals surface area contributed by atoms with Gasteiger partial charge in [0.25, 0.3) is 10.7 Å². The topological polar surface area (TPSA) is 80.2 Å². The van der Waals surface area contributed by atoms with Gasteiger partial charge in [0.2, 0.25) is 0 Å². The molecule has 1 aliphatic rings. The third-order valence-corrected chi connectivity index (χ3v) is 5.65. The number of quaternary nitrogens is 1. The van der Waals surface area contributed by atoms with Crippen molar-refractivity contribution in [3.8, 4) is 11.5 Å². The van der Waals surface area contributed by atoms with E-state index in [-0.39, 0.29) is 17.8 Å². The number of nitrogens with one attached hydrogen (secondary N) is 1. The maximum Gasteiger partial charge on any atom is 0.324 e. The highest BCUT2D eigenvalue weighted by atomic mass is 32.2. The summed E-state index contributed by atoms with van der Waals surface area (Å²) < 4.78 is 22.8. The van der Waals surface area contributed by atoms with E-state index in [9.17, 15) is 4.79 Å². The van der Waals surface area contributed by atoms with Gasteiger partial charge in [-0.15, -0.1) is 16.9 Å². The van der Waals surface area contributed by atoms with Gasteiger partial charge in [0, 0.05) is 5.75 Å². The van der Waals surface area contributed by atoms with E-state index in [1.165, 1.54) is 12.0 Å². The van der Waals surface area contributed by atoms with E-state index in [4.69, 9.17) is 30.8 Å². The third kappa shape index (κ3) is 5.24. The molecule has 0 amide bonds. The highest BCUT2D eigenvalue weighted by molar-refractivity contribution is 8.00. The van der Waals surface area contributed by atoms with Crippen molar-refractivity contribution in [1.82, 2.24) is 9.78 Å². The number of rotatable bonds is 7. The monoisotopic (exact) mass is 412 g/mol. The summed E-state index contributed by atoms with van der Waals surface area (Å²) >= 11 is 6.88. The van der Waals surface area contributed by atoms with Crippen LogP contribution in [0.2, 0.25) is 0 Å². The van der Waals surface area contributed by atoms with E-state index >= 15 is 0 Å². The number of benzene rings is 1. The second-order valence-corrected chi connectivity index (χ2v) is 7.63. The summed E-state index contributed by atoms with van der Waals surface area (Å²) in [5, 5.41) is 4.24. The van der Waals surface area contributed by atoms with Crippen LogP contribution in [0, 0.1) is 4.84 Å². The lowest BCUT2D eigenvalue weighted by atomic mass is 10.3. The minimum Gasteiger partial charge on any atom is -0.497 e. The first-order valence-corrected chi connectivity index (χ1v) is 9.91. The summed E-state index contributed by atoms with van der Waals surface area (Å²) in [6.07, 6.45) is 0. The van der Waals surface area contributed by atoms with Crippen molar-refractivity contribution in [2.75, 3.05) is 33.1 Å². The largest absolute Gasteiger partial charge is 0.497 e. The van der Waals surface area contributed by atoms with E-state index in [1.54, 1.807) is 23.6 Å². The average Bonchev–Trinajstić information content (AvgIpc) is 3.05. The molecule has 3 rings (SSSR count). The molecule has 2 atom stereocenters. The van der Waals surface area contributed by atoms with Crippen LogP contribution in [-0.4, -0.2) is 54.1 Å². The molecule has 8 nitrogen and oxygen atoms in total. The van der Waals surface area contributed by atoms with Crippen molar-refractivity contribution in [2.45, 2.75) is 18.5 Å². The maximum absolute atomic E-state index is 11.8. The normalized spacial score (nSPS) is 19.5. The van der Waals surface area contributed by atoms with Crippen LogP contribution < -0.4 is 14.4 Å². The molecule has 1 aromatic carbocycles. The van der Waals surface area contributed by atoms with Crippen molar-refractivity contribution in [2.24, 2.45) is 0 Å². The molecule has 1 aromatic heterocycles. The first-order valence-electron chi connectivity index (χ1n) is 8.45. The minimum absolute atomic E-state index is 0.155. The molecule has 1 fully saturated rings. The van der Waals surface area contributed by atoms with Crippen LogP contribution in [0.5, 0.6) is 11.5 Å². The number of nitrogens with zero attached hydrogens (tertiary/aromatic N) is 2. The zero-order chi connectivity index (χ0) is 19.2. The second kappa shape index (κ2) is 9.25. The predicted molar refractivity (Wildman–Crippen MR) is 102 cm³/mol. The first-order chi connectivity index (χ1) is 13.1. The Kier molecular flexibility index (Phi) is 6.75. The maximum atomic E-state index is 11.8. The van der Waals surface area contributed by atoms with E-state index in [1.807, 2.05) is 24.3 Å². The first kappa shape index (κ1) is 19.7.